The molecule has 9 nitrogen and oxygen atoms in total. The highest BCUT2D eigenvalue weighted by molar-refractivity contribution is 6.01. The molecule has 3 aromatic rings. The van der Waals surface area contributed by atoms with Gasteiger partial charge in [-0.3, -0.25) is 14.4 Å². The van der Waals surface area contributed by atoms with Crippen LogP contribution in [0.4, 0.5) is 10.5 Å². The lowest BCUT2D eigenvalue weighted by Crippen LogP contribution is -2.54. The van der Waals surface area contributed by atoms with E-state index >= 15 is 0 Å². The summed E-state index contributed by atoms with van der Waals surface area (Å²) >= 11 is 0. The molecule has 0 aliphatic heterocycles. The van der Waals surface area contributed by atoms with Crippen LogP contribution in [0, 0.1) is 13.8 Å². The summed E-state index contributed by atoms with van der Waals surface area (Å²) in [5.41, 5.74) is 7.89. The fourth-order valence-electron chi connectivity index (χ4n) is 4.75. The van der Waals surface area contributed by atoms with E-state index in [0.29, 0.717) is 24.1 Å². The lowest BCUT2D eigenvalue weighted by Gasteiger charge is -2.34. The number of anilines is 1. The summed E-state index contributed by atoms with van der Waals surface area (Å²) in [6, 6.07) is 16.5. The minimum Gasteiger partial charge on any atom is -0.444 e. The SMILES string of the molecule is Cc1ccc(C(C(=O)Nc2ccc3ccccc3c2)N(C(=O)C(CC(N)=O)NC(=O)OC(C)(C)C)C2CC2)cc1C. The van der Waals surface area contributed by atoms with E-state index in [1.165, 1.54) is 4.90 Å². The Labute approximate surface area is 240 Å². The molecular weight excluding hydrogens is 520 g/mol. The minimum absolute atomic E-state index is 0.243. The first-order valence-electron chi connectivity index (χ1n) is 13.8. The third-order valence-electron chi connectivity index (χ3n) is 6.98. The molecule has 1 aliphatic rings. The average Bonchev–Trinajstić information content (AvgIpc) is 3.72. The molecule has 0 radical (unpaired) electrons. The predicted molar refractivity (Wildman–Crippen MR) is 158 cm³/mol. The summed E-state index contributed by atoms with van der Waals surface area (Å²) in [7, 11) is 0. The van der Waals surface area contributed by atoms with Gasteiger partial charge in [0, 0.05) is 11.7 Å². The third-order valence-corrected chi connectivity index (χ3v) is 6.98. The van der Waals surface area contributed by atoms with Crippen LogP contribution in [0.25, 0.3) is 10.8 Å². The van der Waals surface area contributed by atoms with Gasteiger partial charge < -0.3 is 26.0 Å². The standard InChI is InChI=1S/C32H38N4O5/c1-19-10-11-23(16-20(19)2)28(29(38)34-24-13-12-21-8-6-7-9-22(21)17-24)36(25-14-15-25)30(39)26(18-27(33)37)35-31(40)41-32(3,4)5/h6-13,16-17,25-26,28H,14-15,18H2,1-5H3,(H2,33,37)(H,34,38)(H,35,40). The van der Waals surface area contributed by atoms with Crippen LogP contribution in [0.2, 0.25) is 0 Å². The second-order valence-electron chi connectivity index (χ2n) is 11.6. The van der Waals surface area contributed by atoms with Gasteiger partial charge in [0.2, 0.25) is 11.8 Å². The quantitative estimate of drug-likeness (QED) is 0.344. The maximum absolute atomic E-state index is 14.1. The molecule has 0 bridgehead atoms. The summed E-state index contributed by atoms with van der Waals surface area (Å²) in [5, 5.41) is 7.52. The van der Waals surface area contributed by atoms with Gasteiger partial charge in [-0.25, -0.2) is 4.79 Å². The largest absolute Gasteiger partial charge is 0.444 e. The fourth-order valence-corrected chi connectivity index (χ4v) is 4.75. The highest BCUT2D eigenvalue weighted by Crippen LogP contribution is 2.37. The van der Waals surface area contributed by atoms with E-state index in [-0.39, 0.29) is 6.04 Å². The Hall–Kier alpha value is -4.40. The van der Waals surface area contributed by atoms with Gasteiger partial charge in [0.15, 0.2) is 0 Å². The first-order valence-corrected chi connectivity index (χ1v) is 13.8. The smallest absolute Gasteiger partial charge is 0.408 e. The number of hydrogen-bond acceptors (Lipinski definition) is 5. The Morgan fingerprint density at radius 3 is 2.24 bits per heavy atom. The predicted octanol–water partition coefficient (Wildman–Crippen LogP) is 4.90. The minimum atomic E-state index is -1.30. The van der Waals surface area contributed by atoms with Crippen molar-refractivity contribution >= 4 is 40.3 Å². The number of nitrogens with one attached hydrogen (secondary N) is 2. The van der Waals surface area contributed by atoms with Gasteiger partial charge in [0.1, 0.15) is 17.7 Å². The first kappa shape index (κ1) is 29.6. The monoisotopic (exact) mass is 558 g/mol. The lowest BCUT2D eigenvalue weighted by atomic mass is 9.97. The van der Waals surface area contributed by atoms with Crippen LogP contribution in [0.1, 0.15) is 62.8 Å². The van der Waals surface area contributed by atoms with Crippen molar-refractivity contribution in [2.24, 2.45) is 5.73 Å². The zero-order valence-electron chi connectivity index (χ0n) is 24.2. The van der Waals surface area contributed by atoms with Gasteiger partial charge in [-0.15, -0.1) is 0 Å². The van der Waals surface area contributed by atoms with Crippen LogP contribution in [-0.4, -0.2) is 46.4 Å². The van der Waals surface area contributed by atoms with E-state index in [4.69, 9.17) is 10.5 Å². The van der Waals surface area contributed by atoms with E-state index in [0.717, 1.165) is 21.9 Å². The molecule has 0 spiro atoms. The molecule has 0 saturated heterocycles. The zero-order valence-corrected chi connectivity index (χ0v) is 24.2. The number of primary amides is 1. The van der Waals surface area contributed by atoms with Crippen molar-refractivity contribution in [3.63, 3.8) is 0 Å². The van der Waals surface area contributed by atoms with E-state index in [2.05, 4.69) is 10.6 Å². The number of hydrogen-bond donors (Lipinski definition) is 3. The topological polar surface area (TPSA) is 131 Å². The van der Waals surface area contributed by atoms with Crippen molar-refractivity contribution < 1.29 is 23.9 Å². The summed E-state index contributed by atoms with van der Waals surface area (Å²) in [6.45, 7) is 9.00. The molecule has 4 amide bonds. The molecule has 216 valence electrons. The van der Waals surface area contributed by atoms with Crippen LogP contribution < -0.4 is 16.4 Å². The average molecular weight is 559 g/mol. The molecule has 0 aromatic heterocycles. The van der Waals surface area contributed by atoms with Crippen molar-refractivity contribution in [1.82, 2.24) is 10.2 Å². The lowest BCUT2D eigenvalue weighted by molar-refractivity contribution is -0.142. The number of carbonyl (C=O) groups is 4. The second kappa shape index (κ2) is 12.0. The van der Waals surface area contributed by atoms with Crippen LogP contribution in [0.15, 0.2) is 60.7 Å². The molecule has 0 heterocycles. The maximum Gasteiger partial charge on any atom is 0.408 e. The van der Waals surface area contributed by atoms with Gasteiger partial charge in [0.25, 0.3) is 5.91 Å². The molecule has 2 unspecified atom stereocenters. The van der Waals surface area contributed by atoms with E-state index in [9.17, 15) is 19.2 Å². The number of aryl methyl sites for hydroxylation is 2. The normalized spacial score (nSPS) is 14.6. The van der Waals surface area contributed by atoms with Gasteiger partial charge >= 0.3 is 6.09 Å². The van der Waals surface area contributed by atoms with Gasteiger partial charge in [-0.2, -0.15) is 0 Å². The van der Waals surface area contributed by atoms with E-state index in [1.54, 1.807) is 20.8 Å². The molecule has 9 heteroatoms. The molecule has 41 heavy (non-hydrogen) atoms. The zero-order chi connectivity index (χ0) is 29.9. The molecule has 1 fully saturated rings. The van der Waals surface area contributed by atoms with Gasteiger partial charge in [-0.05, 0) is 87.1 Å². The van der Waals surface area contributed by atoms with Crippen LogP contribution in [0.3, 0.4) is 0 Å². The van der Waals surface area contributed by atoms with Crippen molar-refractivity contribution in [3.05, 3.63) is 77.4 Å². The summed E-state index contributed by atoms with van der Waals surface area (Å²) in [5.74, 6) is -1.74. The highest BCUT2D eigenvalue weighted by atomic mass is 16.6. The van der Waals surface area contributed by atoms with E-state index < -0.39 is 47.9 Å². The third kappa shape index (κ3) is 7.63. The fraction of sp³-hybridized carbons (Fsp3) is 0.375. The van der Waals surface area contributed by atoms with Crippen molar-refractivity contribution in [3.8, 4) is 0 Å². The first-order chi connectivity index (χ1) is 19.3. The Bertz CT molecular complexity index is 1470. The molecular formula is C32H38N4O5. The van der Waals surface area contributed by atoms with E-state index in [1.807, 2.05) is 74.5 Å². The number of benzene rings is 3. The van der Waals surface area contributed by atoms with Crippen molar-refractivity contribution in [2.45, 2.75) is 77.6 Å². The Balaban J connectivity index is 1.71. The number of nitrogens with zero attached hydrogens (tertiary/aromatic N) is 1. The van der Waals surface area contributed by atoms with Gasteiger partial charge in [0.05, 0.1) is 6.42 Å². The van der Waals surface area contributed by atoms with Crippen molar-refractivity contribution in [1.29, 1.82) is 0 Å². The van der Waals surface area contributed by atoms with Crippen molar-refractivity contribution in [2.75, 3.05) is 5.32 Å². The van der Waals surface area contributed by atoms with Crippen LogP contribution in [0.5, 0.6) is 0 Å². The van der Waals surface area contributed by atoms with Crippen LogP contribution >= 0.6 is 0 Å². The summed E-state index contributed by atoms with van der Waals surface area (Å²) in [4.78, 5) is 54.3. The van der Waals surface area contributed by atoms with Crippen LogP contribution in [-0.2, 0) is 19.1 Å². The summed E-state index contributed by atoms with van der Waals surface area (Å²) in [6.07, 6.45) is 0.0851. The molecule has 4 N–H and O–H groups in total. The Morgan fingerprint density at radius 2 is 1.63 bits per heavy atom. The highest BCUT2D eigenvalue weighted by Gasteiger charge is 2.44. The maximum atomic E-state index is 14.1. The molecule has 1 aliphatic carbocycles. The molecule has 1 saturated carbocycles. The summed E-state index contributed by atoms with van der Waals surface area (Å²) < 4.78 is 5.34. The number of ether oxygens (including phenoxy) is 1. The molecule has 4 rings (SSSR count). The Kier molecular flexibility index (Phi) is 8.66. The number of alkyl carbamates (subject to hydrolysis) is 1. The molecule has 3 aromatic carbocycles. The van der Waals surface area contributed by atoms with Gasteiger partial charge in [-0.1, -0.05) is 48.5 Å². The number of carbonyl (C=O) groups excluding carboxylic acids is 4. The molecule has 2 atom stereocenters. The second-order valence-corrected chi connectivity index (χ2v) is 11.6. The number of amides is 4. The number of nitrogens with two attached hydrogens (primary N) is 1. The number of rotatable bonds is 9. The number of fused-ring (bicyclic) bond motifs is 1. The Morgan fingerprint density at radius 1 is 0.951 bits per heavy atom.